The molecular formula is C21H23Cl2Zr. The number of hydrogen-bond acceptors (Lipinski definition) is 0. The summed E-state index contributed by atoms with van der Waals surface area (Å²) in [6.45, 7) is 0. The van der Waals surface area contributed by atoms with E-state index < -0.39 is 21.8 Å². The fourth-order valence-corrected chi connectivity index (χ4v) is 7.05. The third-order valence-electron chi connectivity index (χ3n) is 4.72. The van der Waals surface area contributed by atoms with E-state index in [9.17, 15) is 0 Å². The topological polar surface area (TPSA) is 0 Å². The summed E-state index contributed by atoms with van der Waals surface area (Å²) in [7, 11) is 0. The summed E-state index contributed by atoms with van der Waals surface area (Å²) in [5, 5.41) is 0. The number of halogens is 2. The maximum absolute atomic E-state index is 2.51. The Hall–Kier alpha value is -0.617. The van der Waals surface area contributed by atoms with E-state index in [4.69, 9.17) is 0 Å². The Morgan fingerprint density at radius 1 is 0.833 bits per heavy atom. The molecule has 0 fully saturated rings. The van der Waals surface area contributed by atoms with Crippen LogP contribution in [0.5, 0.6) is 0 Å². The van der Waals surface area contributed by atoms with E-state index in [-0.39, 0.29) is 32.2 Å². The molecule has 0 radical (unpaired) electrons. The monoisotopic (exact) mass is 435 g/mol. The van der Waals surface area contributed by atoms with Crippen molar-refractivity contribution in [1.29, 1.82) is 0 Å². The van der Waals surface area contributed by atoms with Crippen LogP contribution in [0.2, 0.25) is 9.26 Å². The first-order valence-electron chi connectivity index (χ1n) is 7.65. The maximum Gasteiger partial charge on any atom is -1.00 e. The van der Waals surface area contributed by atoms with E-state index in [0.29, 0.717) is 5.92 Å². The second-order valence-electron chi connectivity index (χ2n) is 6.15. The van der Waals surface area contributed by atoms with Crippen molar-refractivity contribution in [2.24, 2.45) is 0 Å². The first kappa shape index (κ1) is 21.4. The molecular weight excluding hydrogens is 414 g/mol. The molecule has 0 amide bonds. The molecule has 0 saturated heterocycles. The standard InChI is InChI=1S/C18H13.CH4.2CH3.2ClH.Zr/c1-2-8-13(7-1)18-16-11-5-3-9-14(16)15-10-4-6-12-17(15)18;;;;;;/h1,3-7,9-12,18H,2H2;1H4;2*1H3;2*1H;/q;;;;;;+2/p-2. The number of rotatable bonds is 2. The molecule has 4 rings (SSSR count). The van der Waals surface area contributed by atoms with E-state index >= 15 is 0 Å². The zero-order valence-electron chi connectivity index (χ0n) is 13.3. The van der Waals surface area contributed by atoms with Crippen LogP contribution in [0.4, 0.5) is 0 Å². The van der Waals surface area contributed by atoms with Crippen LogP contribution in [-0.2, 0) is 21.8 Å². The Kier molecular flexibility index (Phi) is 7.73. The molecule has 24 heavy (non-hydrogen) atoms. The molecule has 0 spiro atoms. The van der Waals surface area contributed by atoms with Gasteiger partial charge in [0.2, 0.25) is 0 Å². The largest absolute Gasteiger partial charge is 1.00 e. The second-order valence-corrected chi connectivity index (χ2v) is 12.5. The van der Waals surface area contributed by atoms with E-state index in [0.717, 1.165) is 0 Å². The quantitative estimate of drug-likeness (QED) is 0.637. The summed E-state index contributed by atoms with van der Waals surface area (Å²) in [6.07, 6.45) is 5.99. The molecule has 2 aromatic carbocycles. The van der Waals surface area contributed by atoms with Gasteiger partial charge < -0.3 is 24.8 Å². The van der Waals surface area contributed by atoms with Gasteiger partial charge in [-0.25, -0.2) is 0 Å². The van der Waals surface area contributed by atoms with E-state index in [2.05, 4.69) is 69.9 Å². The maximum atomic E-state index is 2.51. The summed E-state index contributed by atoms with van der Waals surface area (Å²) in [6, 6.07) is 17.9. The fraction of sp³-hybridized carbons (Fsp3) is 0.238. The zero-order valence-corrected chi connectivity index (χ0v) is 17.3. The Bertz CT molecular complexity index is 729. The van der Waals surface area contributed by atoms with Gasteiger partial charge in [-0.1, -0.05) is 7.43 Å². The molecule has 125 valence electrons. The van der Waals surface area contributed by atoms with Crippen LogP contribution in [-0.4, -0.2) is 0 Å². The summed E-state index contributed by atoms with van der Waals surface area (Å²) in [4.78, 5) is 0. The number of benzene rings is 2. The molecule has 0 saturated carbocycles. The van der Waals surface area contributed by atoms with Gasteiger partial charge >= 0.3 is 135 Å². The first-order valence-corrected chi connectivity index (χ1v) is 13.8. The third-order valence-corrected chi connectivity index (χ3v) is 8.89. The van der Waals surface area contributed by atoms with Crippen LogP contribution in [0.1, 0.15) is 30.9 Å². The Balaban J connectivity index is 0.000000960. The minimum atomic E-state index is -1.32. The van der Waals surface area contributed by atoms with Gasteiger partial charge in [0.1, 0.15) is 0 Å². The van der Waals surface area contributed by atoms with Crippen LogP contribution in [0.15, 0.2) is 69.5 Å². The van der Waals surface area contributed by atoms with Gasteiger partial charge in [-0.2, -0.15) is 0 Å². The Morgan fingerprint density at radius 2 is 1.33 bits per heavy atom. The molecule has 2 aliphatic rings. The molecule has 0 unspecified atom stereocenters. The van der Waals surface area contributed by atoms with Gasteiger partial charge in [-0.05, 0) is 0 Å². The minimum absolute atomic E-state index is 0. The molecule has 2 aliphatic carbocycles. The van der Waals surface area contributed by atoms with Gasteiger partial charge in [-0.3, -0.25) is 0 Å². The zero-order chi connectivity index (χ0) is 14.4. The van der Waals surface area contributed by atoms with Crippen molar-refractivity contribution in [2.75, 3.05) is 0 Å². The molecule has 0 atom stereocenters. The average Bonchev–Trinajstić information content (AvgIpc) is 3.09. The van der Waals surface area contributed by atoms with Gasteiger partial charge in [0.25, 0.3) is 0 Å². The van der Waals surface area contributed by atoms with E-state index in [1.165, 1.54) is 28.7 Å². The van der Waals surface area contributed by atoms with Crippen molar-refractivity contribution >= 4 is 0 Å². The minimum Gasteiger partial charge on any atom is -1.00 e. The second kappa shape index (κ2) is 8.66. The smallest absolute Gasteiger partial charge is 1.00 e. The summed E-state index contributed by atoms with van der Waals surface area (Å²) >= 11 is -1.32. The van der Waals surface area contributed by atoms with Gasteiger partial charge in [0, 0.05) is 0 Å². The predicted octanol–water partition coefficient (Wildman–Crippen LogP) is 0.371. The van der Waals surface area contributed by atoms with Crippen LogP contribution in [0.25, 0.3) is 11.1 Å². The number of allylic oxidation sites excluding steroid dienone is 4. The molecule has 3 heteroatoms. The summed E-state index contributed by atoms with van der Waals surface area (Å²) < 4.78 is 6.82. The molecule has 2 aromatic rings. The predicted molar refractivity (Wildman–Crippen MR) is 93.0 cm³/mol. The SMILES string of the molecule is C.[CH3][Zr+2]([CH3])[C]1=C(C2c3ccccc3-c3ccccc32)C=CC1.[Cl-].[Cl-]. The first-order chi connectivity index (χ1) is 10.3. The van der Waals surface area contributed by atoms with Crippen LogP contribution >= 0.6 is 0 Å². The third kappa shape index (κ3) is 3.36. The van der Waals surface area contributed by atoms with E-state index in [1.807, 2.05) is 0 Å². The van der Waals surface area contributed by atoms with Gasteiger partial charge in [0.15, 0.2) is 0 Å². The molecule has 0 N–H and O–H groups in total. The Morgan fingerprint density at radius 3 is 1.83 bits per heavy atom. The molecule has 0 heterocycles. The van der Waals surface area contributed by atoms with Crippen molar-refractivity contribution < 1.29 is 46.6 Å². The van der Waals surface area contributed by atoms with Crippen LogP contribution < -0.4 is 24.8 Å². The van der Waals surface area contributed by atoms with Crippen molar-refractivity contribution in [3.63, 3.8) is 0 Å². The van der Waals surface area contributed by atoms with Crippen molar-refractivity contribution in [1.82, 2.24) is 0 Å². The molecule has 0 aliphatic heterocycles. The van der Waals surface area contributed by atoms with Crippen LogP contribution in [0, 0.1) is 0 Å². The van der Waals surface area contributed by atoms with Crippen LogP contribution in [0.3, 0.4) is 0 Å². The normalized spacial score (nSPS) is 14.2. The Labute approximate surface area is 166 Å². The molecule has 0 aromatic heterocycles. The number of fused-ring (bicyclic) bond motifs is 3. The average molecular weight is 438 g/mol. The number of hydrogen-bond donors (Lipinski definition) is 0. The van der Waals surface area contributed by atoms with E-state index in [1.54, 1.807) is 8.85 Å². The summed E-state index contributed by atoms with van der Waals surface area (Å²) in [5.41, 5.74) is 7.49. The van der Waals surface area contributed by atoms with Gasteiger partial charge in [0.05, 0.1) is 0 Å². The fourth-order valence-electron chi connectivity index (χ4n) is 3.78. The molecule has 0 bridgehead atoms. The molecule has 0 nitrogen and oxygen atoms in total. The van der Waals surface area contributed by atoms with Crippen molar-refractivity contribution in [3.8, 4) is 11.1 Å². The summed E-state index contributed by atoms with van der Waals surface area (Å²) in [5.74, 6) is 0.474. The van der Waals surface area contributed by atoms with Crippen molar-refractivity contribution in [2.45, 2.75) is 29.0 Å². The van der Waals surface area contributed by atoms with Crippen molar-refractivity contribution in [3.05, 3.63) is 80.7 Å². The van der Waals surface area contributed by atoms with Gasteiger partial charge in [-0.15, -0.1) is 0 Å².